The third kappa shape index (κ3) is 3.12. The third-order valence-corrected chi connectivity index (χ3v) is 5.63. The summed E-state index contributed by atoms with van der Waals surface area (Å²) in [5.74, 6) is 0.335. The van der Waals surface area contributed by atoms with Crippen LogP contribution in [0.15, 0.2) is 30.3 Å². The Labute approximate surface area is 138 Å². The van der Waals surface area contributed by atoms with Crippen LogP contribution in [0.3, 0.4) is 0 Å². The Kier molecular flexibility index (Phi) is 4.69. The van der Waals surface area contributed by atoms with Crippen molar-refractivity contribution in [3.8, 4) is 0 Å². The number of amides is 2. The van der Waals surface area contributed by atoms with E-state index in [1.54, 1.807) is 0 Å². The van der Waals surface area contributed by atoms with Crippen molar-refractivity contribution in [2.75, 3.05) is 13.6 Å². The SMILES string of the molecule is CN1C(=O)CC[C@]2(C(=O)NCCc3ccccc3)CCCC[C@@H]12. The monoisotopic (exact) mass is 314 g/mol. The van der Waals surface area contributed by atoms with Gasteiger partial charge in [0.05, 0.1) is 5.41 Å². The average molecular weight is 314 g/mol. The van der Waals surface area contributed by atoms with Crippen LogP contribution in [0.2, 0.25) is 0 Å². The van der Waals surface area contributed by atoms with Crippen LogP contribution < -0.4 is 5.32 Å². The van der Waals surface area contributed by atoms with E-state index in [0.29, 0.717) is 19.4 Å². The molecule has 0 bridgehead atoms. The van der Waals surface area contributed by atoms with Gasteiger partial charge in [-0.15, -0.1) is 0 Å². The second-order valence-corrected chi connectivity index (χ2v) is 6.91. The highest BCUT2D eigenvalue weighted by Gasteiger charge is 2.52. The molecule has 1 aliphatic heterocycles. The van der Waals surface area contributed by atoms with E-state index in [2.05, 4.69) is 17.4 Å². The van der Waals surface area contributed by atoms with E-state index in [-0.39, 0.29) is 23.3 Å². The lowest BCUT2D eigenvalue weighted by atomic mass is 9.64. The Hall–Kier alpha value is -1.84. The highest BCUT2D eigenvalue weighted by atomic mass is 16.2. The molecule has 0 unspecified atom stereocenters. The van der Waals surface area contributed by atoms with Gasteiger partial charge in [-0.3, -0.25) is 9.59 Å². The van der Waals surface area contributed by atoms with E-state index in [4.69, 9.17) is 0 Å². The molecular formula is C19H26N2O2. The Morgan fingerprint density at radius 3 is 2.83 bits per heavy atom. The lowest BCUT2D eigenvalue weighted by Gasteiger charge is -2.50. The minimum absolute atomic E-state index is 0.0780. The highest BCUT2D eigenvalue weighted by molar-refractivity contribution is 5.87. The van der Waals surface area contributed by atoms with Gasteiger partial charge in [0.2, 0.25) is 11.8 Å². The molecule has 1 N–H and O–H groups in total. The van der Waals surface area contributed by atoms with Gasteiger partial charge in [-0.05, 0) is 31.2 Å². The molecule has 1 aromatic rings. The molecule has 4 heteroatoms. The molecule has 2 amide bonds. The smallest absolute Gasteiger partial charge is 0.228 e. The van der Waals surface area contributed by atoms with Gasteiger partial charge >= 0.3 is 0 Å². The average Bonchev–Trinajstić information content (AvgIpc) is 2.59. The predicted octanol–water partition coefficient (Wildman–Crippen LogP) is 2.53. The van der Waals surface area contributed by atoms with Crippen LogP contribution in [-0.4, -0.2) is 36.3 Å². The van der Waals surface area contributed by atoms with E-state index in [1.807, 2.05) is 30.1 Å². The summed E-state index contributed by atoms with van der Waals surface area (Å²) in [6.07, 6.45) is 6.12. The molecule has 1 heterocycles. The van der Waals surface area contributed by atoms with E-state index >= 15 is 0 Å². The van der Waals surface area contributed by atoms with Crippen molar-refractivity contribution in [3.05, 3.63) is 35.9 Å². The van der Waals surface area contributed by atoms with Crippen molar-refractivity contribution in [2.24, 2.45) is 5.41 Å². The van der Waals surface area contributed by atoms with Gasteiger partial charge in [0, 0.05) is 26.1 Å². The van der Waals surface area contributed by atoms with Crippen molar-refractivity contribution in [2.45, 2.75) is 51.0 Å². The Morgan fingerprint density at radius 2 is 2.04 bits per heavy atom. The van der Waals surface area contributed by atoms with Crippen LogP contribution in [0.4, 0.5) is 0 Å². The van der Waals surface area contributed by atoms with Gasteiger partial charge in [-0.1, -0.05) is 43.2 Å². The van der Waals surface area contributed by atoms with Crippen LogP contribution in [0.1, 0.15) is 44.1 Å². The van der Waals surface area contributed by atoms with Crippen LogP contribution >= 0.6 is 0 Å². The van der Waals surface area contributed by atoms with Crippen LogP contribution in [0, 0.1) is 5.41 Å². The molecule has 4 nitrogen and oxygen atoms in total. The van der Waals surface area contributed by atoms with Crippen molar-refractivity contribution >= 4 is 11.8 Å². The summed E-state index contributed by atoms with van der Waals surface area (Å²) in [6.45, 7) is 0.662. The summed E-state index contributed by atoms with van der Waals surface area (Å²) in [5, 5.41) is 3.15. The molecule has 1 aliphatic carbocycles. The van der Waals surface area contributed by atoms with Gasteiger partial charge in [-0.25, -0.2) is 0 Å². The van der Waals surface area contributed by atoms with Crippen molar-refractivity contribution in [3.63, 3.8) is 0 Å². The number of likely N-dealkylation sites (tertiary alicyclic amines) is 1. The number of benzene rings is 1. The van der Waals surface area contributed by atoms with E-state index in [0.717, 1.165) is 32.1 Å². The highest BCUT2D eigenvalue weighted by Crippen LogP contribution is 2.46. The number of hydrogen-bond acceptors (Lipinski definition) is 2. The second-order valence-electron chi connectivity index (χ2n) is 6.91. The largest absolute Gasteiger partial charge is 0.355 e. The molecular weight excluding hydrogens is 288 g/mol. The first kappa shape index (κ1) is 16.0. The fourth-order valence-electron chi connectivity index (χ4n) is 4.28. The molecule has 0 spiro atoms. The van der Waals surface area contributed by atoms with Gasteiger partial charge in [-0.2, -0.15) is 0 Å². The summed E-state index contributed by atoms with van der Waals surface area (Å²) < 4.78 is 0. The zero-order valence-electron chi connectivity index (χ0n) is 13.9. The zero-order chi connectivity index (χ0) is 16.3. The predicted molar refractivity (Wildman–Crippen MR) is 89.8 cm³/mol. The first-order chi connectivity index (χ1) is 11.1. The summed E-state index contributed by atoms with van der Waals surface area (Å²) in [6, 6.07) is 10.3. The van der Waals surface area contributed by atoms with Gasteiger partial charge in [0.15, 0.2) is 0 Å². The van der Waals surface area contributed by atoms with Crippen molar-refractivity contribution in [1.82, 2.24) is 10.2 Å². The molecule has 3 rings (SSSR count). The molecule has 23 heavy (non-hydrogen) atoms. The quantitative estimate of drug-likeness (QED) is 0.928. The maximum Gasteiger partial charge on any atom is 0.228 e. The van der Waals surface area contributed by atoms with Gasteiger partial charge in [0.25, 0.3) is 0 Å². The number of fused-ring (bicyclic) bond motifs is 1. The molecule has 0 radical (unpaired) electrons. The summed E-state index contributed by atoms with van der Waals surface area (Å²) >= 11 is 0. The van der Waals surface area contributed by atoms with Gasteiger partial charge in [0.1, 0.15) is 0 Å². The number of hydrogen-bond donors (Lipinski definition) is 1. The third-order valence-electron chi connectivity index (χ3n) is 5.63. The molecule has 124 valence electrons. The molecule has 1 aromatic carbocycles. The van der Waals surface area contributed by atoms with Crippen LogP contribution in [0.25, 0.3) is 0 Å². The second kappa shape index (κ2) is 6.73. The fourth-order valence-corrected chi connectivity index (χ4v) is 4.28. The standard InChI is InChI=1S/C19H26N2O2/c1-21-16-9-5-6-12-19(16,13-10-17(21)22)18(23)20-14-11-15-7-3-2-4-8-15/h2-4,7-8,16H,5-6,9-14H2,1H3,(H,20,23)/t16-,19-/m1/s1. The zero-order valence-corrected chi connectivity index (χ0v) is 13.9. The topological polar surface area (TPSA) is 49.4 Å². The number of piperidine rings is 1. The first-order valence-electron chi connectivity index (χ1n) is 8.71. The van der Waals surface area contributed by atoms with E-state index < -0.39 is 0 Å². The summed E-state index contributed by atoms with van der Waals surface area (Å²) in [5.41, 5.74) is 0.874. The Bertz CT molecular complexity index is 572. The Morgan fingerprint density at radius 1 is 1.26 bits per heavy atom. The first-order valence-corrected chi connectivity index (χ1v) is 8.71. The lowest BCUT2D eigenvalue weighted by Crippen LogP contribution is -2.60. The molecule has 2 aliphatic rings. The van der Waals surface area contributed by atoms with Crippen LogP contribution in [0.5, 0.6) is 0 Å². The van der Waals surface area contributed by atoms with Gasteiger partial charge < -0.3 is 10.2 Å². The Balaban J connectivity index is 1.65. The number of rotatable bonds is 4. The minimum Gasteiger partial charge on any atom is -0.355 e. The van der Waals surface area contributed by atoms with E-state index in [1.165, 1.54) is 5.56 Å². The van der Waals surface area contributed by atoms with E-state index in [9.17, 15) is 9.59 Å². The lowest BCUT2D eigenvalue weighted by molar-refractivity contribution is -0.153. The molecule has 2 fully saturated rings. The number of nitrogens with one attached hydrogen (secondary N) is 1. The normalized spacial score (nSPS) is 27.4. The molecule has 2 atom stereocenters. The van der Waals surface area contributed by atoms with Crippen molar-refractivity contribution in [1.29, 1.82) is 0 Å². The molecule has 1 saturated carbocycles. The maximum absolute atomic E-state index is 12.9. The number of carbonyl (C=O) groups excluding carboxylic acids is 2. The fraction of sp³-hybridized carbons (Fsp3) is 0.579. The van der Waals surface area contributed by atoms with Crippen molar-refractivity contribution < 1.29 is 9.59 Å². The molecule has 0 aromatic heterocycles. The summed E-state index contributed by atoms with van der Waals surface area (Å²) in [4.78, 5) is 26.8. The maximum atomic E-state index is 12.9. The van der Waals surface area contributed by atoms with Crippen LogP contribution in [-0.2, 0) is 16.0 Å². The number of nitrogens with zero attached hydrogens (tertiary/aromatic N) is 1. The minimum atomic E-state index is -0.363. The summed E-state index contributed by atoms with van der Waals surface area (Å²) in [7, 11) is 1.86. The molecule has 1 saturated heterocycles. The number of carbonyl (C=O) groups is 2.